The van der Waals surface area contributed by atoms with Crippen molar-refractivity contribution in [2.75, 3.05) is 19.8 Å². The molecule has 2 aliphatic heterocycles. The molecular formula is C16H28O4. The van der Waals surface area contributed by atoms with E-state index in [1.165, 1.54) is 12.8 Å². The van der Waals surface area contributed by atoms with Gasteiger partial charge in [0.2, 0.25) is 0 Å². The van der Waals surface area contributed by atoms with E-state index in [1.807, 2.05) is 0 Å². The van der Waals surface area contributed by atoms with Crippen molar-refractivity contribution >= 4 is 0 Å². The highest BCUT2D eigenvalue weighted by Crippen LogP contribution is 2.40. The van der Waals surface area contributed by atoms with E-state index in [0.717, 1.165) is 51.9 Å². The van der Waals surface area contributed by atoms with Gasteiger partial charge in [0, 0.05) is 24.9 Å². The zero-order valence-electron chi connectivity index (χ0n) is 12.9. The first-order chi connectivity index (χ1) is 9.57. The predicted octanol–water partition coefficient (Wildman–Crippen LogP) is 3.24. The summed E-state index contributed by atoms with van der Waals surface area (Å²) in [6.07, 6.45) is 7.69. The van der Waals surface area contributed by atoms with Crippen LogP contribution in [0.1, 0.15) is 58.8 Å². The summed E-state index contributed by atoms with van der Waals surface area (Å²) < 4.78 is 23.8. The zero-order valence-corrected chi connectivity index (χ0v) is 12.9. The van der Waals surface area contributed by atoms with Crippen molar-refractivity contribution in [2.45, 2.75) is 77.0 Å². The molecule has 0 amide bonds. The van der Waals surface area contributed by atoms with E-state index in [-0.39, 0.29) is 17.5 Å². The second kappa shape index (κ2) is 5.91. The van der Waals surface area contributed by atoms with Crippen molar-refractivity contribution in [1.29, 1.82) is 0 Å². The lowest BCUT2D eigenvalue weighted by molar-refractivity contribution is -0.319. The minimum atomic E-state index is -0.331. The summed E-state index contributed by atoms with van der Waals surface area (Å²) in [5.41, 5.74) is 0.147. The highest BCUT2D eigenvalue weighted by atomic mass is 16.7. The lowest BCUT2D eigenvalue weighted by Gasteiger charge is -2.47. The minimum absolute atomic E-state index is 0.0231. The molecule has 3 rings (SSSR count). The van der Waals surface area contributed by atoms with Crippen molar-refractivity contribution in [2.24, 2.45) is 5.41 Å². The molecule has 1 atom stereocenters. The minimum Gasteiger partial charge on any atom is -0.353 e. The molecule has 0 aromatic rings. The molecule has 0 N–H and O–H groups in total. The number of hydrogen-bond donors (Lipinski definition) is 0. The number of ether oxygens (including phenoxy) is 4. The van der Waals surface area contributed by atoms with Gasteiger partial charge in [-0.25, -0.2) is 0 Å². The Morgan fingerprint density at radius 2 is 1.65 bits per heavy atom. The quantitative estimate of drug-likeness (QED) is 0.780. The van der Waals surface area contributed by atoms with Gasteiger partial charge in [-0.05, 0) is 32.1 Å². The third-order valence-electron chi connectivity index (χ3n) is 4.63. The fourth-order valence-electron chi connectivity index (χ4n) is 3.23. The Morgan fingerprint density at radius 1 is 0.950 bits per heavy atom. The maximum absolute atomic E-state index is 6.07. The Bertz CT molecular complexity index is 302. The van der Waals surface area contributed by atoms with Gasteiger partial charge in [0.15, 0.2) is 12.1 Å². The third-order valence-corrected chi connectivity index (χ3v) is 4.63. The van der Waals surface area contributed by atoms with Gasteiger partial charge in [0.05, 0.1) is 19.3 Å². The molecule has 4 nitrogen and oxygen atoms in total. The second-order valence-electron chi connectivity index (χ2n) is 7.28. The predicted molar refractivity (Wildman–Crippen MR) is 75.3 cm³/mol. The maximum atomic E-state index is 6.07. The largest absolute Gasteiger partial charge is 0.353 e. The summed E-state index contributed by atoms with van der Waals surface area (Å²) in [5, 5.41) is 0. The average Bonchev–Trinajstić information content (AvgIpc) is 2.46. The molecule has 2 saturated heterocycles. The van der Waals surface area contributed by atoms with E-state index in [9.17, 15) is 0 Å². The molecule has 20 heavy (non-hydrogen) atoms. The van der Waals surface area contributed by atoms with E-state index >= 15 is 0 Å². The number of rotatable bonds is 2. The van der Waals surface area contributed by atoms with Crippen LogP contribution in [0.15, 0.2) is 0 Å². The van der Waals surface area contributed by atoms with Crippen molar-refractivity contribution in [3.05, 3.63) is 0 Å². The first-order valence-electron chi connectivity index (χ1n) is 8.12. The van der Waals surface area contributed by atoms with Crippen LogP contribution < -0.4 is 0 Å². The van der Waals surface area contributed by atoms with Crippen LogP contribution in [0, 0.1) is 5.41 Å². The molecule has 0 aromatic carbocycles. The molecule has 3 aliphatic rings. The van der Waals surface area contributed by atoms with Crippen LogP contribution in [0.4, 0.5) is 0 Å². The Morgan fingerprint density at radius 3 is 2.25 bits per heavy atom. The molecule has 4 heteroatoms. The van der Waals surface area contributed by atoms with Gasteiger partial charge in [-0.3, -0.25) is 0 Å². The van der Waals surface area contributed by atoms with Crippen LogP contribution in [0.5, 0.6) is 0 Å². The molecular weight excluding hydrogens is 256 g/mol. The second-order valence-corrected chi connectivity index (χ2v) is 7.28. The lowest BCUT2D eigenvalue weighted by atomic mass is 9.88. The fourth-order valence-corrected chi connectivity index (χ4v) is 3.23. The molecule has 1 saturated carbocycles. The van der Waals surface area contributed by atoms with Crippen LogP contribution in [0.3, 0.4) is 0 Å². The standard InChI is InChI=1S/C16H28O4/c1-15(2)11-18-16(19-12-15)8-6-13(7-9-16)20-14-5-3-4-10-17-14/h13-14H,3-12H2,1-2H3. The van der Waals surface area contributed by atoms with Gasteiger partial charge in [0.25, 0.3) is 0 Å². The first-order valence-corrected chi connectivity index (χ1v) is 8.12. The van der Waals surface area contributed by atoms with Gasteiger partial charge in [-0.15, -0.1) is 0 Å². The fraction of sp³-hybridized carbons (Fsp3) is 1.00. The van der Waals surface area contributed by atoms with Crippen LogP contribution >= 0.6 is 0 Å². The third kappa shape index (κ3) is 3.53. The molecule has 1 unspecified atom stereocenters. The first kappa shape index (κ1) is 14.8. The zero-order chi connectivity index (χ0) is 14.1. The summed E-state index contributed by atoms with van der Waals surface area (Å²) in [5.74, 6) is -0.331. The smallest absolute Gasteiger partial charge is 0.168 e. The van der Waals surface area contributed by atoms with Gasteiger partial charge in [-0.1, -0.05) is 13.8 Å². The average molecular weight is 284 g/mol. The monoisotopic (exact) mass is 284 g/mol. The SMILES string of the molecule is CC1(C)COC2(CCC(OC3CCCCO3)CC2)OC1. The Hall–Kier alpha value is -0.160. The van der Waals surface area contributed by atoms with Crippen LogP contribution in [0.2, 0.25) is 0 Å². The van der Waals surface area contributed by atoms with Crippen molar-refractivity contribution in [3.8, 4) is 0 Å². The molecule has 2 heterocycles. The van der Waals surface area contributed by atoms with Gasteiger partial charge in [0.1, 0.15) is 0 Å². The Kier molecular flexibility index (Phi) is 4.37. The van der Waals surface area contributed by atoms with Crippen molar-refractivity contribution in [3.63, 3.8) is 0 Å². The van der Waals surface area contributed by atoms with Crippen molar-refractivity contribution < 1.29 is 18.9 Å². The lowest BCUT2D eigenvalue weighted by Crippen LogP contribution is -2.50. The maximum Gasteiger partial charge on any atom is 0.168 e. The summed E-state index contributed by atoms with van der Waals surface area (Å²) in [6.45, 7) is 6.82. The van der Waals surface area contributed by atoms with E-state index in [0.29, 0.717) is 6.10 Å². The molecule has 1 spiro atoms. The molecule has 0 bridgehead atoms. The molecule has 0 aromatic heterocycles. The van der Waals surface area contributed by atoms with Gasteiger partial charge >= 0.3 is 0 Å². The normalized spacial score (nSPS) is 34.2. The van der Waals surface area contributed by atoms with E-state index in [1.54, 1.807) is 0 Å². The Balaban J connectivity index is 1.45. The molecule has 116 valence electrons. The van der Waals surface area contributed by atoms with Crippen LogP contribution in [-0.4, -0.2) is 38.0 Å². The highest BCUT2D eigenvalue weighted by Gasteiger charge is 2.43. The molecule has 0 radical (unpaired) electrons. The Labute approximate surface area is 122 Å². The van der Waals surface area contributed by atoms with E-state index in [2.05, 4.69) is 13.8 Å². The molecule has 1 aliphatic carbocycles. The van der Waals surface area contributed by atoms with Crippen LogP contribution in [0.25, 0.3) is 0 Å². The van der Waals surface area contributed by atoms with Crippen LogP contribution in [-0.2, 0) is 18.9 Å². The highest BCUT2D eigenvalue weighted by molar-refractivity contribution is 4.85. The summed E-state index contributed by atoms with van der Waals surface area (Å²) in [6, 6.07) is 0. The summed E-state index contributed by atoms with van der Waals surface area (Å²) >= 11 is 0. The topological polar surface area (TPSA) is 36.9 Å². The van der Waals surface area contributed by atoms with Gasteiger partial charge < -0.3 is 18.9 Å². The van der Waals surface area contributed by atoms with Gasteiger partial charge in [-0.2, -0.15) is 0 Å². The summed E-state index contributed by atoms with van der Waals surface area (Å²) in [4.78, 5) is 0. The van der Waals surface area contributed by atoms with E-state index in [4.69, 9.17) is 18.9 Å². The van der Waals surface area contributed by atoms with Crippen molar-refractivity contribution in [1.82, 2.24) is 0 Å². The molecule has 3 fully saturated rings. The van der Waals surface area contributed by atoms with E-state index < -0.39 is 0 Å². The summed E-state index contributed by atoms with van der Waals surface area (Å²) in [7, 11) is 0. The number of hydrogen-bond acceptors (Lipinski definition) is 4.